The Labute approximate surface area is 533 Å². The van der Waals surface area contributed by atoms with Gasteiger partial charge in [-0.15, -0.1) is 0 Å². The number of carbonyl (C=O) groups excluding carboxylic acids is 12. The van der Waals surface area contributed by atoms with Crippen LogP contribution in [0.25, 0.3) is 6.58 Å². The summed E-state index contributed by atoms with van der Waals surface area (Å²) in [6.45, 7) is 4.87. The molecule has 0 unspecified atom stereocenters. The van der Waals surface area contributed by atoms with Crippen LogP contribution in [-0.2, 0) is 47.9 Å². The van der Waals surface area contributed by atoms with Crippen molar-refractivity contribution in [2.24, 2.45) is 22.9 Å². The molecule has 3 aliphatic heterocycles. The van der Waals surface area contributed by atoms with Gasteiger partial charge in [0.2, 0.25) is 41.0 Å². The van der Waals surface area contributed by atoms with Crippen molar-refractivity contribution in [3.8, 4) is 17.2 Å². The van der Waals surface area contributed by atoms with Gasteiger partial charge in [0.1, 0.15) is 17.1 Å². The van der Waals surface area contributed by atoms with Crippen LogP contribution in [-0.4, -0.2) is 149 Å². The van der Waals surface area contributed by atoms with Gasteiger partial charge in [-0.3, -0.25) is 52.7 Å². The lowest BCUT2D eigenvalue weighted by Gasteiger charge is -2.21. The van der Waals surface area contributed by atoms with Gasteiger partial charge in [0, 0.05) is 100 Å². The Morgan fingerprint density at radius 2 is 1.10 bits per heavy atom. The fourth-order valence-corrected chi connectivity index (χ4v) is 12.5. The Kier molecular flexibility index (Phi) is 31.5. The number of nitrogens with two attached hydrogens (primary N) is 4. The highest BCUT2D eigenvalue weighted by atomic mass is 32.2. The van der Waals surface area contributed by atoms with E-state index in [-0.39, 0.29) is 167 Å². The van der Waals surface area contributed by atoms with Crippen molar-refractivity contribution in [2.75, 3.05) is 31.9 Å². The third-order valence-electron chi connectivity index (χ3n) is 16.1. The molecule has 2 saturated heterocycles. The molecule has 3 heterocycles. The average Bonchev–Trinajstić information content (AvgIpc) is 1.40. The summed E-state index contributed by atoms with van der Waals surface area (Å²) in [7, 11) is 0. The minimum absolute atomic E-state index is 0.000710. The van der Waals surface area contributed by atoms with Crippen LogP contribution >= 0.6 is 11.8 Å². The van der Waals surface area contributed by atoms with E-state index >= 15 is 0 Å². The summed E-state index contributed by atoms with van der Waals surface area (Å²) in [4.78, 5) is 157. The number of rotatable bonds is 46. The molecule has 91 heavy (non-hydrogen) atoms. The number of urea groups is 1. The predicted octanol–water partition coefficient (Wildman–Crippen LogP) is 1.41. The van der Waals surface area contributed by atoms with E-state index in [0.717, 1.165) is 18.6 Å². The van der Waals surface area contributed by atoms with E-state index < -0.39 is 88.5 Å². The number of benzene rings is 2. The summed E-state index contributed by atoms with van der Waals surface area (Å²) in [5.41, 5.74) is 22.2. The van der Waals surface area contributed by atoms with Gasteiger partial charge in [-0.05, 0) is 133 Å². The zero-order valence-corrected chi connectivity index (χ0v) is 52.7. The van der Waals surface area contributed by atoms with Gasteiger partial charge in [-0.25, -0.2) is 4.79 Å². The lowest BCUT2D eigenvalue weighted by atomic mass is 9.98. The van der Waals surface area contributed by atoms with Gasteiger partial charge in [0.05, 0.1) is 36.3 Å². The Bertz CT molecular complexity index is 3040. The molecule has 28 heteroatoms. The van der Waals surface area contributed by atoms with E-state index in [1.165, 1.54) is 24.3 Å². The number of phenols is 1. The lowest BCUT2D eigenvalue weighted by molar-refractivity contribution is -0.132. The highest BCUT2D eigenvalue weighted by Crippen LogP contribution is 2.40. The summed E-state index contributed by atoms with van der Waals surface area (Å²) in [6, 6.07) is 3.15. The smallest absolute Gasteiger partial charge is 0.315 e. The van der Waals surface area contributed by atoms with Crippen LogP contribution in [0.2, 0.25) is 0 Å². The van der Waals surface area contributed by atoms with E-state index in [1.54, 1.807) is 17.8 Å². The molecular formula is C63H92N12O15S. The minimum Gasteiger partial charge on any atom is -0.618 e. The second kappa shape index (κ2) is 38.8. The number of hydrogen-bond acceptors (Lipinski definition) is 19. The van der Waals surface area contributed by atoms with Crippen LogP contribution in [0.1, 0.15) is 177 Å². The largest absolute Gasteiger partial charge is 0.618 e. The molecule has 16 N–H and O–H groups in total. The normalized spacial score (nSPS) is 16.6. The molecular weight excluding hydrogens is 1200 g/mol. The number of unbranched alkanes of at least 4 members (excludes halogenated alkanes) is 5. The van der Waals surface area contributed by atoms with E-state index in [9.17, 15) is 67.8 Å². The first-order valence-corrected chi connectivity index (χ1v) is 32.8. The van der Waals surface area contributed by atoms with Gasteiger partial charge >= 0.3 is 6.03 Å². The molecule has 8 amide bonds. The SMILES string of the molecule is C=c1ccc2c(c1)Oc1c(ccc(O)c1C(=O)NCCCC[C@H](NC(=O)CCC(=O)[C@H](CCCCN)NC(=O)CCC(=O)[C@H](CCCCN)NC(=O)CCC(=O)[C@H](CCCCN)NC(=O)CCC(=O)CCCC[C@@H]1SC[C@@H]3NC(=O)N[C@@H]31)C(=O)CCC(N)=O)[N+]=2[O-]. The highest BCUT2D eigenvalue weighted by molar-refractivity contribution is 8.00. The molecule has 0 aromatic heterocycles. The zero-order chi connectivity index (χ0) is 66.4. The number of aromatic hydroxyl groups is 1. The van der Waals surface area contributed by atoms with Crippen LogP contribution in [0.15, 0.2) is 30.3 Å². The highest BCUT2D eigenvalue weighted by Gasteiger charge is 2.42. The first-order valence-electron chi connectivity index (χ1n) is 31.7. The van der Waals surface area contributed by atoms with Gasteiger partial charge < -0.3 is 75.2 Å². The number of nitrogens with zero attached hydrogens (tertiary/aromatic N) is 1. The first-order chi connectivity index (χ1) is 43.6. The molecule has 2 aromatic rings. The number of hydrogen-bond donors (Lipinski definition) is 12. The number of ether oxygens (including phenoxy) is 1. The summed E-state index contributed by atoms with van der Waals surface area (Å²) >= 11 is 1.81. The van der Waals surface area contributed by atoms with Crippen LogP contribution in [0.5, 0.6) is 17.2 Å². The van der Waals surface area contributed by atoms with Crippen LogP contribution < -0.4 is 80.2 Å². The van der Waals surface area contributed by atoms with Crippen molar-refractivity contribution < 1.29 is 67.4 Å². The van der Waals surface area contributed by atoms with Crippen molar-refractivity contribution in [3.63, 3.8) is 0 Å². The Hall–Kier alpha value is -7.82. The van der Waals surface area contributed by atoms with Crippen LogP contribution in [0.3, 0.4) is 0 Å². The molecule has 5 rings (SSSR count). The number of carbonyl (C=O) groups is 12. The molecule has 0 bridgehead atoms. The van der Waals surface area contributed by atoms with Crippen molar-refractivity contribution in [1.82, 2.24) is 42.0 Å². The number of nitrogens with one attached hydrogen (secondary N) is 7. The monoisotopic (exact) mass is 1290 g/mol. The number of thioether (sulfide) groups is 1. The van der Waals surface area contributed by atoms with Crippen molar-refractivity contribution in [2.45, 2.75) is 208 Å². The van der Waals surface area contributed by atoms with Crippen molar-refractivity contribution >= 4 is 94.4 Å². The molecule has 0 radical (unpaired) electrons. The second-order valence-corrected chi connectivity index (χ2v) is 24.6. The quantitative estimate of drug-likeness (QED) is 0.0193. The summed E-state index contributed by atoms with van der Waals surface area (Å²) in [5, 5.41) is 44.2. The van der Waals surface area contributed by atoms with E-state index in [4.69, 9.17) is 27.7 Å². The maximum absolute atomic E-state index is 13.7. The third-order valence-corrected chi connectivity index (χ3v) is 17.6. The predicted molar refractivity (Wildman–Crippen MR) is 341 cm³/mol. The summed E-state index contributed by atoms with van der Waals surface area (Å²) < 4.78 is 6.49. The molecule has 7 atom stereocenters. The Balaban J connectivity index is 1.07. The van der Waals surface area contributed by atoms with Crippen LogP contribution in [0.4, 0.5) is 10.5 Å². The Morgan fingerprint density at radius 1 is 0.615 bits per heavy atom. The lowest BCUT2D eigenvalue weighted by Crippen LogP contribution is -2.44. The summed E-state index contributed by atoms with van der Waals surface area (Å²) in [5.74, 6) is -5.38. The molecule has 27 nitrogen and oxygen atoms in total. The molecule has 0 spiro atoms. The van der Waals surface area contributed by atoms with E-state index in [0.29, 0.717) is 81.0 Å². The Morgan fingerprint density at radius 3 is 1.59 bits per heavy atom. The van der Waals surface area contributed by atoms with Gasteiger partial charge in [-0.1, -0.05) is 13.0 Å². The molecule has 2 aromatic carbocycles. The topological polar surface area (TPSA) is 449 Å². The maximum atomic E-state index is 13.7. The number of amides is 8. The minimum atomic E-state index is -1.10. The van der Waals surface area contributed by atoms with Gasteiger partial charge in [0.15, 0.2) is 23.1 Å². The number of ketones is 5. The standard InChI is InChI=1S/C63H92N12O15S/c1-38-18-20-45-52(36-38)90-61-46(75(45)89)21-22-51(81)59(61)62(87)68-35-11-7-16-43(47(77)23-27-54(67)82)72-58(86)31-26-50(80)42(15-6-10-34-66)71-57(85)30-25-49(79)41(14-5-9-33-65)70-56(84)29-24-48(78)40(13-4-8-32-64)69-55(83)28-19-39(76)12-2-3-17-53-60-44(37-91-53)73-63(88)74-60/h18,20-22,36,40-44,53,60,81H,1-17,19,23-35,37,64-66H2,(H2,67,82)(H,68,87)(H,69,83)(H,70,84)(H,71,85)(H,72,86)(H2,73,74,88)/t40-,41-,42-,43-,44-,53-,60-/m0/s1. The van der Waals surface area contributed by atoms with Crippen LogP contribution in [0, 0.1) is 5.21 Å². The fourth-order valence-electron chi connectivity index (χ4n) is 11.0. The number of fused-ring (bicyclic) bond motifs is 3. The fraction of sp³-hybridized carbons (Fsp3) is 0.603. The second-order valence-electron chi connectivity index (χ2n) is 23.3. The van der Waals surface area contributed by atoms with Crippen molar-refractivity contribution in [1.29, 1.82) is 0 Å². The average molecular weight is 1290 g/mol. The number of Topliss-reactive ketones (excluding diaryl/α,β-unsaturated/α-hetero) is 5. The first kappa shape index (κ1) is 73.9. The zero-order valence-electron chi connectivity index (χ0n) is 51.9. The van der Waals surface area contributed by atoms with E-state index in [1.807, 2.05) is 0 Å². The molecule has 2 fully saturated rings. The molecule has 0 aliphatic carbocycles. The molecule has 0 saturated carbocycles. The maximum Gasteiger partial charge on any atom is 0.315 e. The number of phenolic OH excluding ortho intramolecular Hbond substituents is 1. The molecule has 500 valence electrons. The third kappa shape index (κ3) is 24.7. The van der Waals surface area contributed by atoms with Crippen molar-refractivity contribution in [3.05, 3.63) is 51.7 Å². The summed E-state index contributed by atoms with van der Waals surface area (Å²) in [6.07, 6.45) is 4.34. The van der Waals surface area contributed by atoms with Gasteiger partial charge in [-0.2, -0.15) is 16.5 Å². The molecule has 3 aliphatic rings. The van der Waals surface area contributed by atoms with Gasteiger partial charge in [0.25, 0.3) is 17.0 Å². The number of primary amides is 1. The van der Waals surface area contributed by atoms with E-state index in [2.05, 4.69) is 43.8 Å².